The molecule has 0 fully saturated rings. The van der Waals surface area contributed by atoms with Gasteiger partial charge in [0.1, 0.15) is 5.75 Å². The minimum absolute atomic E-state index is 0.150. The van der Waals surface area contributed by atoms with Crippen LogP contribution in [-0.2, 0) is 4.79 Å². The molecular formula is C13H10BrClN2O2S. The molecule has 0 aliphatic carbocycles. The number of carbonyl (C=O) groups is 1. The maximum absolute atomic E-state index is 11.5. The van der Waals surface area contributed by atoms with Crippen LogP contribution in [0.1, 0.15) is 5.56 Å². The lowest BCUT2D eigenvalue weighted by atomic mass is 10.3. The van der Waals surface area contributed by atoms with Crippen molar-refractivity contribution in [2.45, 2.75) is 0 Å². The second-order valence-electron chi connectivity index (χ2n) is 3.71. The third-order valence-corrected chi connectivity index (χ3v) is 3.69. The molecule has 7 heteroatoms. The molecule has 20 heavy (non-hydrogen) atoms. The molecule has 0 aliphatic heterocycles. The van der Waals surface area contributed by atoms with Crippen LogP contribution in [0.4, 0.5) is 0 Å². The zero-order valence-electron chi connectivity index (χ0n) is 10.2. The summed E-state index contributed by atoms with van der Waals surface area (Å²) in [6.45, 7) is -0.150. The molecule has 0 unspecified atom stereocenters. The smallest absolute Gasteiger partial charge is 0.277 e. The van der Waals surface area contributed by atoms with Crippen LogP contribution in [0.2, 0.25) is 5.02 Å². The van der Waals surface area contributed by atoms with Gasteiger partial charge in [0.2, 0.25) is 0 Å². The van der Waals surface area contributed by atoms with E-state index in [0.717, 1.165) is 10.0 Å². The molecule has 0 saturated carbocycles. The van der Waals surface area contributed by atoms with E-state index in [2.05, 4.69) is 26.5 Å². The Hall–Kier alpha value is -1.37. The summed E-state index contributed by atoms with van der Waals surface area (Å²) >= 11 is 10.8. The number of halogens is 2. The Kier molecular flexibility index (Phi) is 5.58. The molecule has 2 rings (SSSR count). The van der Waals surface area contributed by atoms with Crippen molar-refractivity contribution < 1.29 is 9.53 Å². The minimum Gasteiger partial charge on any atom is -0.482 e. The van der Waals surface area contributed by atoms with Crippen molar-refractivity contribution in [3.8, 4) is 5.75 Å². The zero-order chi connectivity index (χ0) is 14.4. The summed E-state index contributed by atoms with van der Waals surface area (Å²) < 4.78 is 6.15. The molecule has 0 radical (unpaired) electrons. The fraction of sp³-hybridized carbons (Fsp3) is 0.0769. The third kappa shape index (κ3) is 4.63. The number of hydrogen-bond donors (Lipinski definition) is 1. The van der Waals surface area contributed by atoms with Crippen molar-refractivity contribution in [2.24, 2.45) is 5.10 Å². The Labute approximate surface area is 133 Å². The van der Waals surface area contributed by atoms with Crippen LogP contribution in [0.25, 0.3) is 0 Å². The first-order valence-electron chi connectivity index (χ1n) is 5.57. The Morgan fingerprint density at radius 3 is 3.05 bits per heavy atom. The van der Waals surface area contributed by atoms with Gasteiger partial charge in [0.05, 0.1) is 11.2 Å². The normalized spacial score (nSPS) is 10.7. The highest BCUT2D eigenvalue weighted by atomic mass is 79.9. The number of hydrazone groups is 1. The predicted octanol–water partition coefficient (Wildman–Crippen LogP) is 3.69. The molecule has 1 aromatic carbocycles. The maximum atomic E-state index is 11.5. The number of carbonyl (C=O) groups excluding carboxylic acids is 1. The van der Waals surface area contributed by atoms with E-state index in [0.29, 0.717) is 10.8 Å². The van der Waals surface area contributed by atoms with E-state index >= 15 is 0 Å². The average molecular weight is 374 g/mol. The topological polar surface area (TPSA) is 50.7 Å². The third-order valence-electron chi connectivity index (χ3n) is 2.20. The van der Waals surface area contributed by atoms with Crippen LogP contribution in [-0.4, -0.2) is 18.7 Å². The number of hydrogen-bond acceptors (Lipinski definition) is 4. The molecule has 0 atom stereocenters. The van der Waals surface area contributed by atoms with Crippen molar-refractivity contribution in [3.63, 3.8) is 0 Å². The maximum Gasteiger partial charge on any atom is 0.277 e. The lowest BCUT2D eigenvalue weighted by molar-refractivity contribution is -0.123. The zero-order valence-corrected chi connectivity index (χ0v) is 13.3. The molecule has 0 saturated heterocycles. The SMILES string of the molecule is O=C(COc1ccc(Br)cc1Cl)N/N=C/c1ccsc1. The number of amides is 1. The van der Waals surface area contributed by atoms with E-state index in [1.807, 2.05) is 16.8 Å². The molecule has 4 nitrogen and oxygen atoms in total. The summed E-state index contributed by atoms with van der Waals surface area (Å²) in [4.78, 5) is 11.5. The number of nitrogens with one attached hydrogen (secondary N) is 1. The summed E-state index contributed by atoms with van der Waals surface area (Å²) in [6, 6.07) is 7.07. The van der Waals surface area contributed by atoms with Gasteiger partial charge in [0.15, 0.2) is 6.61 Å². The summed E-state index contributed by atoms with van der Waals surface area (Å²) in [6.07, 6.45) is 1.57. The van der Waals surface area contributed by atoms with Crippen molar-refractivity contribution in [1.29, 1.82) is 0 Å². The molecule has 0 bridgehead atoms. The van der Waals surface area contributed by atoms with Crippen molar-refractivity contribution in [3.05, 3.63) is 50.1 Å². The van der Waals surface area contributed by atoms with Gasteiger partial charge in [-0.1, -0.05) is 27.5 Å². The molecule has 1 heterocycles. The van der Waals surface area contributed by atoms with Gasteiger partial charge < -0.3 is 4.74 Å². The van der Waals surface area contributed by atoms with E-state index in [4.69, 9.17) is 16.3 Å². The Bertz CT molecular complexity index is 617. The molecule has 2 aromatic rings. The fourth-order valence-electron chi connectivity index (χ4n) is 1.30. The molecule has 1 aromatic heterocycles. The number of rotatable bonds is 5. The quantitative estimate of drug-likeness (QED) is 0.642. The van der Waals surface area contributed by atoms with E-state index in [9.17, 15) is 4.79 Å². The average Bonchev–Trinajstić information content (AvgIpc) is 2.91. The lowest BCUT2D eigenvalue weighted by Crippen LogP contribution is -2.24. The number of thiophene rings is 1. The first kappa shape index (κ1) is 15.0. The highest BCUT2D eigenvalue weighted by Crippen LogP contribution is 2.27. The van der Waals surface area contributed by atoms with Gasteiger partial charge in [-0.05, 0) is 35.0 Å². The van der Waals surface area contributed by atoms with Gasteiger partial charge in [-0.2, -0.15) is 16.4 Å². The largest absolute Gasteiger partial charge is 0.482 e. The fourth-order valence-corrected chi connectivity index (χ4v) is 2.63. The second kappa shape index (κ2) is 7.42. The van der Waals surface area contributed by atoms with E-state index in [-0.39, 0.29) is 12.5 Å². The minimum atomic E-state index is -0.351. The lowest BCUT2D eigenvalue weighted by Gasteiger charge is -2.06. The van der Waals surface area contributed by atoms with Gasteiger partial charge in [-0.15, -0.1) is 0 Å². The van der Waals surface area contributed by atoms with E-state index < -0.39 is 0 Å². The Morgan fingerprint density at radius 1 is 1.50 bits per heavy atom. The first-order chi connectivity index (χ1) is 9.65. The molecule has 1 N–H and O–H groups in total. The van der Waals surface area contributed by atoms with Crippen molar-refractivity contribution in [2.75, 3.05) is 6.61 Å². The summed E-state index contributed by atoms with van der Waals surface area (Å²) in [5, 5.41) is 8.12. The van der Waals surface area contributed by atoms with Gasteiger partial charge in [0.25, 0.3) is 5.91 Å². The Morgan fingerprint density at radius 2 is 2.35 bits per heavy atom. The molecule has 0 aliphatic rings. The summed E-state index contributed by atoms with van der Waals surface area (Å²) in [7, 11) is 0. The molecule has 1 amide bonds. The van der Waals surface area contributed by atoms with Crippen molar-refractivity contribution in [1.82, 2.24) is 5.43 Å². The van der Waals surface area contributed by atoms with Crippen LogP contribution < -0.4 is 10.2 Å². The molecule has 104 valence electrons. The summed E-state index contributed by atoms with van der Waals surface area (Å²) in [5.41, 5.74) is 3.32. The standard InChI is InChI=1S/C13H10BrClN2O2S/c14-10-1-2-12(11(15)5-10)19-7-13(18)17-16-6-9-3-4-20-8-9/h1-6,8H,7H2,(H,17,18)/b16-6+. The van der Waals surface area contributed by atoms with Crippen LogP contribution in [0.3, 0.4) is 0 Å². The number of nitrogens with zero attached hydrogens (tertiary/aromatic N) is 1. The Balaban J connectivity index is 1.80. The summed E-state index contributed by atoms with van der Waals surface area (Å²) in [5.74, 6) is 0.0993. The van der Waals surface area contributed by atoms with Gasteiger partial charge in [0, 0.05) is 10.0 Å². The van der Waals surface area contributed by atoms with Crippen molar-refractivity contribution >= 4 is 51.0 Å². The molecular weight excluding hydrogens is 364 g/mol. The first-order valence-corrected chi connectivity index (χ1v) is 7.68. The highest BCUT2D eigenvalue weighted by molar-refractivity contribution is 9.10. The molecule has 0 spiro atoms. The van der Waals surface area contributed by atoms with Crippen LogP contribution in [0.5, 0.6) is 5.75 Å². The highest BCUT2D eigenvalue weighted by Gasteiger charge is 2.05. The van der Waals surface area contributed by atoms with Crippen LogP contribution >= 0.6 is 38.9 Å². The van der Waals surface area contributed by atoms with Gasteiger partial charge in [-0.25, -0.2) is 5.43 Å². The van der Waals surface area contributed by atoms with Gasteiger partial charge >= 0.3 is 0 Å². The number of benzene rings is 1. The van der Waals surface area contributed by atoms with E-state index in [1.54, 1.807) is 35.8 Å². The van der Waals surface area contributed by atoms with Crippen LogP contribution in [0, 0.1) is 0 Å². The predicted molar refractivity (Wildman–Crippen MR) is 84.7 cm³/mol. The second-order valence-corrected chi connectivity index (χ2v) is 5.82. The monoisotopic (exact) mass is 372 g/mol. The number of ether oxygens (including phenoxy) is 1. The van der Waals surface area contributed by atoms with E-state index in [1.165, 1.54) is 0 Å². The van der Waals surface area contributed by atoms with Crippen LogP contribution in [0.15, 0.2) is 44.6 Å². The van der Waals surface area contributed by atoms with Gasteiger partial charge in [-0.3, -0.25) is 4.79 Å².